The van der Waals surface area contributed by atoms with E-state index in [1.165, 1.54) is 23.6 Å². The van der Waals surface area contributed by atoms with Crippen LogP contribution in [0.2, 0.25) is 0 Å². The molecule has 2 atom stereocenters. The number of ether oxygens (including phenoxy) is 1. The molecule has 0 radical (unpaired) electrons. The predicted molar refractivity (Wildman–Crippen MR) is 88.3 cm³/mol. The summed E-state index contributed by atoms with van der Waals surface area (Å²) in [5.74, 6) is -1.29. The minimum Gasteiger partial charge on any atom is -0.488 e. The lowest BCUT2D eigenvalue weighted by Crippen LogP contribution is -2.57. The number of ketones is 1. The summed E-state index contributed by atoms with van der Waals surface area (Å²) in [4.78, 5) is 36.8. The van der Waals surface area contributed by atoms with Gasteiger partial charge >= 0.3 is 5.97 Å². The first-order chi connectivity index (χ1) is 11.4. The second-order valence-electron chi connectivity index (χ2n) is 5.86. The average Bonchev–Trinajstić information content (AvgIpc) is 2.87. The topological polar surface area (TPSA) is 83.9 Å². The van der Waals surface area contributed by atoms with Gasteiger partial charge in [0.1, 0.15) is 23.8 Å². The monoisotopic (exact) mass is 347 g/mol. The average molecular weight is 347 g/mol. The molecule has 0 aliphatic carbocycles. The first-order valence-electron chi connectivity index (χ1n) is 7.54. The van der Waals surface area contributed by atoms with E-state index in [4.69, 9.17) is 4.74 Å². The highest BCUT2D eigenvalue weighted by Gasteiger charge is 2.56. The standard InChI is InChI=1S/C17H17NO5S/c1-9-5-3-4-6-12(9)23-8-13-14(17(21)22)18-15(20)11(7-10(2)19)16(18)24-13/h3-6,11,16H,7-8H2,1-2H3,(H,21,22)/t11-,16-/m1/s1. The highest BCUT2D eigenvalue weighted by Crippen LogP contribution is 2.50. The summed E-state index contributed by atoms with van der Waals surface area (Å²) >= 11 is 1.30. The molecule has 0 aromatic heterocycles. The summed E-state index contributed by atoms with van der Waals surface area (Å²) in [6.45, 7) is 3.43. The van der Waals surface area contributed by atoms with E-state index < -0.39 is 11.9 Å². The smallest absolute Gasteiger partial charge is 0.353 e. The summed E-state index contributed by atoms with van der Waals surface area (Å²) in [6, 6.07) is 7.46. The molecule has 1 aromatic rings. The molecule has 0 spiro atoms. The molecular weight excluding hydrogens is 330 g/mol. The number of aryl methyl sites for hydroxylation is 1. The number of Topliss-reactive ketones (excluding diaryl/α,β-unsaturated/α-hetero) is 1. The summed E-state index contributed by atoms with van der Waals surface area (Å²) in [5, 5.41) is 9.14. The van der Waals surface area contributed by atoms with E-state index in [0.29, 0.717) is 10.7 Å². The highest BCUT2D eigenvalue weighted by molar-refractivity contribution is 8.04. The van der Waals surface area contributed by atoms with E-state index >= 15 is 0 Å². The molecule has 2 aliphatic rings. The lowest BCUT2D eigenvalue weighted by Gasteiger charge is -2.41. The Bertz CT molecular complexity index is 757. The number of hydrogen-bond acceptors (Lipinski definition) is 5. The number of nitrogens with zero attached hydrogens (tertiary/aromatic N) is 1. The van der Waals surface area contributed by atoms with E-state index in [1.807, 2.05) is 31.2 Å². The van der Waals surface area contributed by atoms with E-state index in [0.717, 1.165) is 5.56 Å². The summed E-state index contributed by atoms with van der Waals surface area (Å²) < 4.78 is 5.73. The zero-order valence-corrected chi connectivity index (χ0v) is 14.1. The fourth-order valence-corrected chi connectivity index (χ4v) is 4.32. The predicted octanol–water partition coefficient (Wildman–Crippen LogP) is 2.18. The van der Waals surface area contributed by atoms with Gasteiger partial charge in [0.05, 0.1) is 16.2 Å². The molecular formula is C17H17NO5S. The molecule has 2 heterocycles. The van der Waals surface area contributed by atoms with Crippen LogP contribution in [0.25, 0.3) is 0 Å². The van der Waals surface area contributed by atoms with Crippen LogP contribution in [-0.2, 0) is 14.4 Å². The number of hydrogen-bond donors (Lipinski definition) is 1. The Balaban J connectivity index is 1.78. The third-order valence-corrected chi connectivity index (χ3v) is 5.46. The molecule has 6 nitrogen and oxygen atoms in total. The van der Waals surface area contributed by atoms with Crippen LogP contribution >= 0.6 is 11.8 Å². The van der Waals surface area contributed by atoms with Gasteiger partial charge in [0, 0.05) is 6.42 Å². The lowest BCUT2D eigenvalue weighted by molar-refractivity contribution is -0.153. The Hall–Kier alpha value is -2.28. The van der Waals surface area contributed by atoms with Crippen molar-refractivity contribution in [2.45, 2.75) is 25.6 Å². The van der Waals surface area contributed by atoms with E-state index in [-0.39, 0.29) is 35.8 Å². The Kier molecular flexibility index (Phi) is 4.36. The zero-order valence-electron chi connectivity index (χ0n) is 13.3. The van der Waals surface area contributed by atoms with E-state index in [9.17, 15) is 19.5 Å². The summed E-state index contributed by atoms with van der Waals surface area (Å²) in [5.41, 5.74) is 0.926. The zero-order chi connectivity index (χ0) is 17.4. The third-order valence-electron chi connectivity index (χ3n) is 4.08. The number of thioether (sulfide) groups is 1. The molecule has 2 aliphatic heterocycles. The Morgan fingerprint density at radius 1 is 1.33 bits per heavy atom. The van der Waals surface area contributed by atoms with Gasteiger partial charge in [0.25, 0.3) is 0 Å². The number of para-hydroxylation sites is 1. The molecule has 3 rings (SSSR count). The van der Waals surface area contributed by atoms with Crippen molar-refractivity contribution in [3.63, 3.8) is 0 Å². The van der Waals surface area contributed by atoms with Gasteiger partial charge in [-0.2, -0.15) is 0 Å². The number of β-lactam (4-membered cyclic amide) rings is 1. The van der Waals surface area contributed by atoms with Gasteiger partial charge in [-0.15, -0.1) is 0 Å². The molecule has 7 heteroatoms. The van der Waals surface area contributed by atoms with Crippen molar-refractivity contribution < 1.29 is 24.2 Å². The van der Waals surface area contributed by atoms with E-state index in [1.54, 1.807) is 0 Å². The number of carboxylic acid groups (broad SMARTS) is 1. The summed E-state index contributed by atoms with van der Waals surface area (Å²) in [6.07, 6.45) is 0.145. The van der Waals surface area contributed by atoms with Gasteiger partial charge < -0.3 is 14.6 Å². The van der Waals surface area contributed by atoms with Gasteiger partial charge in [-0.05, 0) is 25.5 Å². The number of rotatable bonds is 6. The molecule has 1 saturated heterocycles. The first kappa shape index (κ1) is 16.6. The van der Waals surface area contributed by atoms with Gasteiger partial charge in [0.2, 0.25) is 5.91 Å². The number of carboxylic acids is 1. The Labute approximate surface area is 143 Å². The fourth-order valence-electron chi connectivity index (χ4n) is 2.92. The van der Waals surface area contributed by atoms with Crippen molar-refractivity contribution >= 4 is 29.4 Å². The minimum atomic E-state index is -1.15. The van der Waals surface area contributed by atoms with Crippen molar-refractivity contribution in [3.05, 3.63) is 40.4 Å². The molecule has 126 valence electrons. The van der Waals surface area contributed by atoms with E-state index in [2.05, 4.69) is 0 Å². The summed E-state index contributed by atoms with van der Waals surface area (Å²) in [7, 11) is 0. The number of carbonyl (C=O) groups excluding carboxylic acids is 2. The normalized spacial score (nSPS) is 22.2. The first-order valence-corrected chi connectivity index (χ1v) is 8.42. The maximum absolute atomic E-state index is 12.2. The number of aliphatic carboxylic acids is 1. The van der Waals surface area contributed by atoms with Crippen molar-refractivity contribution in [1.29, 1.82) is 0 Å². The van der Waals surface area contributed by atoms with Gasteiger partial charge in [-0.1, -0.05) is 30.0 Å². The number of amides is 1. The molecule has 1 N–H and O–H groups in total. The van der Waals surface area contributed by atoms with Gasteiger partial charge in [0.15, 0.2) is 0 Å². The van der Waals surface area contributed by atoms with Gasteiger partial charge in [-0.3, -0.25) is 9.69 Å². The van der Waals surface area contributed by atoms with Crippen LogP contribution in [0.5, 0.6) is 5.75 Å². The molecule has 1 fully saturated rings. The maximum Gasteiger partial charge on any atom is 0.353 e. The van der Waals surface area contributed by atoms with Crippen molar-refractivity contribution in [2.75, 3.05) is 6.61 Å². The van der Waals surface area contributed by atoms with Crippen LogP contribution < -0.4 is 4.74 Å². The number of benzene rings is 1. The van der Waals surface area contributed by atoms with Crippen LogP contribution in [0, 0.1) is 12.8 Å². The number of fused-ring (bicyclic) bond motifs is 1. The second-order valence-corrected chi connectivity index (χ2v) is 7.07. The van der Waals surface area contributed by atoms with Crippen LogP contribution in [0.4, 0.5) is 0 Å². The third kappa shape index (κ3) is 2.80. The SMILES string of the molecule is CC(=O)C[C@@H]1C(=O)N2C(C(=O)O)=C(COc3ccccc3C)S[C@H]12. The highest BCUT2D eigenvalue weighted by atomic mass is 32.2. The molecule has 0 bridgehead atoms. The molecule has 1 aromatic carbocycles. The lowest BCUT2D eigenvalue weighted by atomic mass is 9.92. The largest absolute Gasteiger partial charge is 0.488 e. The van der Waals surface area contributed by atoms with Crippen LogP contribution in [0.1, 0.15) is 18.9 Å². The van der Waals surface area contributed by atoms with Crippen LogP contribution in [0.15, 0.2) is 34.9 Å². The Morgan fingerprint density at radius 3 is 2.67 bits per heavy atom. The van der Waals surface area contributed by atoms with Crippen LogP contribution in [-0.4, -0.2) is 39.6 Å². The molecule has 0 unspecified atom stereocenters. The van der Waals surface area contributed by atoms with Crippen molar-refractivity contribution in [3.8, 4) is 5.75 Å². The molecule has 24 heavy (non-hydrogen) atoms. The van der Waals surface area contributed by atoms with Crippen molar-refractivity contribution in [2.24, 2.45) is 5.92 Å². The molecule has 1 amide bonds. The Morgan fingerprint density at radius 2 is 2.04 bits per heavy atom. The number of carbonyl (C=O) groups is 3. The quantitative estimate of drug-likeness (QED) is 0.794. The van der Waals surface area contributed by atoms with Gasteiger partial charge in [-0.25, -0.2) is 4.79 Å². The van der Waals surface area contributed by atoms with Crippen molar-refractivity contribution in [1.82, 2.24) is 4.90 Å². The fraction of sp³-hybridized carbons (Fsp3) is 0.353. The van der Waals surface area contributed by atoms with Crippen LogP contribution in [0.3, 0.4) is 0 Å². The maximum atomic E-state index is 12.2. The molecule has 0 saturated carbocycles. The second kappa shape index (κ2) is 6.32. The minimum absolute atomic E-state index is 0.0246.